The highest BCUT2D eigenvalue weighted by atomic mass is 127. The van der Waals surface area contributed by atoms with Crippen molar-refractivity contribution in [1.82, 2.24) is 16.0 Å². The van der Waals surface area contributed by atoms with Gasteiger partial charge in [-0.05, 0) is 49.1 Å². The van der Waals surface area contributed by atoms with Crippen LogP contribution in [-0.4, -0.2) is 31.5 Å². The van der Waals surface area contributed by atoms with E-state index in [1.165, 1.54) is 4.88 Å². The van der Waals surface area contributed by atoms with Crippen molar-refractivity contribution in [2.45, 2.75) is 19.9 Å². The molecule has 1 amide bonds. The normalized spacial score (nSPS) is 10.8. The van der Waals surface area contributed by atoms with Crippen molar-refractivity contribution in [3.05, 3.63) is 56.7 Å². The van der Waals surface area contributed by atoms with Crippen LogP contribution in [0.1, 0.15) is 28.6 Å². The zero-order chi connectivity index (χ0) is 17.9. The molecule has 0 aliphatic rings. The molecule has 2 aromatic rings. The van der Waals surface area contributed by atoms with E-state index in [1.807, 2.05) is 25.1 Å². The number of halogens is 2. The number of hydrogen-bond acceptors (Lipinski definition) is 3. The first-order valence-corrected chi connectivity index (χ1v) is 9.94. The first kappa shape index (κ1) is 22.9. The zero-order valence-corrected chi connectivity index (χ0v) is 19.4. The van der Waals surface area contributed by atoms with Gasteiger partial charge >= 0.3 is 0 Å². The Balaban J connectivity index is 0.00000338. The van der Waals surface area contributed by atoms with Gasteiger partial charge in [0.2, 0.25) is 0 Å². The summed E-state index contributed by atoms with van der Waals surface area (Å²) >= 11 is 5.07. The van der Waals surface area contributed by atoms with Gasteiger partial charge in [0.05, 0.1) is 6.54 Å². The van der Waals surface area contributed by atoms with E-state index in [0.717, 1.165) is 29.9 Å². The van der Waals surface area contributed by atoms with Gasteiger partial charge in [-0.3, -0.25) is 4.79 Å². The van der Waals surface area contributed by atoms with Crippen molar-refractivity contribution in [3.8, 4) is 0 Å². The Hall–Kier alpha value is -1.13. The molecule has 0 saturated heterocycles. The molecule has 3 N–H and O–H groups in total. The third-order valence-corrected chi connectivity index (χ3v) is 4.75. The number of carbonyl (C=O) groups excluding carboxylic acids is 1. The summed E-state index contributed by atoms with van der Waals surface area (Å²) < 4.78 is 0.964. The number of nitrogens with one attached hydrogen (secondary N) is 3. The highest BCUT2D eigenvalue weighted by molar-refractivity contribution is 14.0. The fourth-order valence-corrected chi connectivity index (χ4v) is 2.99. The van der Waals surface area contributed by atoms with E-state index < -0.39 is 0 Å². The minimum atomic E-state index is -0.0502. The summed E-state index contributed by atoms with van der Waals surface area (Å²) in [6.45, 7) is 4.90. The van der Waals surface area contributed by atoms with Crippen LogP contribution in [0.25, 0.3) is 0 Å². The Labute approximate surface area is 184 Å². The van der Waals surface area contributed by atoms with Gasteiger partial charge < -0.3 is 16.0 Å². The lowest BCUT2D eigenvalue weighted by atomic mass is 10.2. The van der Waals surface area contributed by atoms with Crippen LogP contribution in [0.5, 0.6) is 0 Å². The van der Waals surface area contributed by atoms with Crippen LogP contribution in [0, 0.1) is 0 Å². The largest absolute Gasteiger partial charge is 0.357 e. The van der Waals surface area contributed by atoms with Crippen LogP contribution in [0.3, 0.4) is 0 Å². The van der Waals surface area contributed by atoms with E-state index in [-0.39, 0.29) is 29.9 Å². The highest BCUT2D eigenvalue weighted by Crippen LogP contribution is 2.10. The molecular formula is C18H24BrIN4OS. The first-order chi connectivity index (χ1) is 12.2. The number of nitrogens with zero attached hydrogens (tertiary/aromatic N) is 1. The van der Waals surface area contributed by atoms with Crippen molar-refractivity contribution in [2.75, 3.05) is 19.6 Å². The van der Waals surface area contributed by atoms with Crippen LogP contribution >= 0.6 is 51.2 Å². The maximum Gasteiger partial charge on any atom is 0.251 e. The summed E-state index contributed by atoms with van der Waals surface area (Å²) in [6, 6.07) is 11.4. The lowest BCUT2D eigenvalue weighted by Crippen LogP contribution is -2.38. The molecule has 0 saturated carbocycles. The van der Waals surface area contributed by atoms with Crippen molar-refractivity contribution in [2.24, 2.45) is 4.99 Å². The second kappa shape index (κ2) is 13.1. The van der Waals surface area contributed by atoms with Crippen LogP contribution in [-0.2, 0) is 6.54 Å². The van der Waals surface area contributed by atoms with Crippen LogP contribution in [0.4, 0.5) is 0 Å². The number of guanidine groups is 1. The zero-order valence-electron chi connectivity index (χ0n) is 14.6. The molecule has 2 rings (SSSR count). The Morgan fingerprint density at radius 3 is 2.50 bits per heavy atom. The fourth-order valence-electron chi connectivity index (χ4n) is 2.10. The molecule has 5 nitrogen and oxygen atoms in total. The summed E-state index contributed by atoms with van der Waals surface area (Å²) in [5.74, 6) is 0.751. The molecule has 142 valence electrons. The molecule has 0 bridgehead atoms. The van der Waals surface area contributed by atoms with Gasteiger partial charge in [0.1, 0.15) is 0 Å². The van der Waals surface area contributed by atoms with Crippen molar-refractivity contribution < 1.29 is 4.79 Å². The lowest BCUT2D eigenvalue weighted by molar-refractivity contribution is 0.0953. The Morgan fingerprint density at radius 2 is 1.85 bits per heavy atom. The van der Waals surface area contributed by atoms with Crippen molar-refractivity contribution >= 4 is 63.1 Å². The number of amides is 1. The number of thiophene rings is 1. The molecular weight excluding hydrogens is 527 g/mol. The average Bonchev–Trinajstić information content (AvgIpc) is 3.13. The molecule has 0 radical (unpaired) electrons. The van der Waals surface area contributed by atoms with E-state index in [2.05, 4.69) is 48.3 Å². The summed E-state index contributed by atoms with van der Waals surface area (Å²) in [4.78, 5) is 17.8. The first-order valence-electron chi connectivity index (χ1n) is 8.27. The van der Waals surface area contributed by atoms with Crippen LogP contribution < -0.4 is 16.0 Å². The number of hydrogen-bond donors (Lipinski definition) is 3. The summed E-state index contributed by atoms with van der Waals surface area (Å²) in [5, 5.41) is 11.5. The molecule has 1 heterocycles. The predicted molar refractivity (Wildman–Crippen MR) is 124 cm³/mol. The maximum absolute atomic E-state index is 12.0. The number of aliphatic imine (C=N–C) groups is 1. The van der Waals surface area contributed by atoms with Crippen molar-refractivity contribution in [3.63, 3.8) is 0 Å². The minimum Gasteiger partial charge on any atom is -0.357 e. The number of benzene rings is 1. The summed E-state index contributed by atoms with van der Waals surface area (Å²) in [6.07, 6.45) is 0.825. The minimum absolute atomic E-state index is 0. The number of carbonyl (C=O) groups is 1. The Bertz CT molecular complexity index is 677. The molecule has 0 unspecified atom stereocenters. The van der Waals surface area contributed by atoms with Gasteiger partial charge in [0, 0.05) is 34.5 Å². The molecule has 0 spiro atoms. The Morgan fingerprint density at radius 1 is 1.12 bits per heavy atom. The van der Waals surface area contributed by atoms with Gasteiger partial charge in [-0.2, -0.15) is 0 Å². The van der Waals surface area contributed by atoms with Gasteiger partial charge in [0.15, 0.2) is 5.96 Å². The van der Waals surface area contributed by atoms with Crippen molar-refractivity contribution in [1.29, 1.82) is 0 Å². The van der Waals surface area contributed by atoms with E-state index in [0.29, 0.717) is 18.7 Å². The topological polar surface area (TPSA) is 65.5 Å². The molecule has 1 aromatic heterocycles. The summed E-state index contributed by atoms with van der Waals surface area (Å²) in [5.41, 5.74) is 0.669. The lowest BCUT2D eigenvalue weighted by Gasteiger charge is -2.11. The molecule has 0 fully saturated rings. The average molecular weight is 551 g/mol. The Kier molecular flexibility index (Phi) is 11.5. The standard InChI is InChI=1S/C18H23BrN4OS.HI/c1-2-20-18(23-13-16-5-3-12-25-16)22-11-4-10-21-17(24)14-6-8-15(19)9-7-14;/h3,5-9,12H,2,4,10-11,13H2,1H3,(H,21,24)(H2,20,22,23);1H. The van der Waals surface area contributed by atoms with E-state index in [4.69, 9.17) is 0 Å². The van der Waals surface area contributed by atoms with Gasteiger partial charge in [-0.25, -0.2) is 4.99 Å². The third-order valence-electron chi connectivity index (χ3n) is 3.36. The second-order valence-corrected chi connectivity index (χ2v) is 7.27. The second-order valence-electron chi connectivity index (χ2n) is 5.32. The van der Waals surface area contributed by atoms with Crippen LogP contribution in [0.15, 0.2) is 51.2 Å². The highest BCUT2D eigenvalue weighted by Gasteiger charge is 2.04. The van der Waals surface area contributed by atoms with Gasteiger partial charge in [-0.15, -0.1) is 35.3 Å². The van der Waals surface area contributed by atoms with E-state index in [9.17, 15) is 4.79 Å². The maximum atomic E-state index is 12.0. The van der Waals surface area contributed by atoms with E-state index in [1.54, 1.807) is 23.5 Å². The molecule has 0 aliphatic heterocycles. The third kappa shape index (κ3) is 8.50. The summed E-state index contributed by atoms with van der Waals surface area (Å²) in [7, 11) is 0. The monoisotopic (exact) mass is 550 g/mol. The molecule has 0 aliphatic carbocycles. The van der Waals surface area contributed by atoms with Crippen LogP contribution in [0.2, 0.25) is 0 Å². The smallest absolute Gasteiger partial charge is 0.251 e. The molecule has 0 atom stereocenters. The fraction of sp³-hybridized carbons (Fsp3) is 0.333. The molecule has 8 heteroatoms. The SMILES string of the molecule is CCNC(=NCc1cccs1)NCCCNC(=O)c1ccc(Br)cc1.I. The molecule has 1 aromatic carbocycles. The van der Waals surface area contributed by atoms with E-state index >= 15 is 0 Å². The van der Waals surface area contributed by atoms with Gasteiger partial charge in [0.25, 0.3) is 5.91 Å². The quantitative estimate of drug-likeness (QED) is 0.201. The predicted octanol–water partition coefficient (Wildman–Crippen LogP) is 4.00. The molecule has 26 heavy (non-hydrogen) atoms. The van der Waals surface area contributed by atoms with Gasteiger partial charge in [-0.1, -0.05) is 22.0 Å². The number of rotatable bonds is 8.